The molecule has 0 saturated carbocycles. The Labute approximate surface area is 199 Å². The molecule has 33 heavy (non-hydrogen) atoms. The summed E-state index contributed by atoms with van der Waals surface area (Å²) in [7, 11) is 1.62. The van der Waals surface area contributed by atoms with Crippen LogP contribution in [-0.2, 0) is 4.74 Å². The van der Waals surface area contributed by atoms with E-state index in [1.54, 1.807) is 13.4 Å². The number of hydrogen-bond donors (Lipinski definition) is 1. The van der Waals surface area contributed by atoms with Crippen molar-refractivity contribution in [1.82, 2.24) is 14.9 Å². The number of anilines is 1. The molecule has 2 aromatic heterocycles. The summed E-state index contributed by atoms with van der Waals surface area (Å²) in [6, 6.07) is 6.25. The third-order valence-corrected chi connectivity index (χ3v) is 6.05. The number of hydrogen-bond acceptors (Lipinski definition) is 8. The van der Waals surface area contributed by atoms with Gasteiger partial charge in [-0.05, 0) is 39.8 Å². The van der Waals surface area contributed by atoms with Gasteiger partial charge in [-0.2, -0.15) is 4.98 Å². The van der Waals surface area contributed by atoms with Gasteiger partial charge in [0.1, 0.15) is 35.1 Å². The molecule has 1 N–H and O–H groups in total. The quantitative estimate of drug-likeness (QED) is 0.495. The number of benzene rings is 1. The number of halogens is 1. The molecule has 0 spiro atoms. The minimum atomic E-state index is -0.0144. The Morgan fingerprint density at radius 3 is 2.76 bits per heavy atom. The summed E-state index contributed by atoms with van der Waals surface area (Å²) < 4.78 is 22.8. The van der Waals surface area contributed by atoms with E-state index in [9.17, 15) is 0 Å². The Morgan fingerprint density at radius 2 is 2.03 bits per heavy atom. The van der Waals surface area contributed by atoms with Gasteiger partial charge in [0, 0.05) is 36.1 Å². The van der Waals surface area contributed by atoms with Crippen molar-refractivity contribution in [2.75, 3.05) is 45.3 Å². The molecule has 1 saturated heterocycles. The predicted octanol–water partition coefficient (Wildman–Crippen LogP) is 4.86. The fourth-order valence-corrected chi connectivity index (χ4v) is 4.16. The Balaban J connectivity index is 1.58. The van der Waals surface area contributed by atoms with Crippen LogP contribution in [0.15, 0.2) is 28.9 Å². The average molecular weight is 475 g/mol. The third-order valence-electron chi connectivity index (χ3n) is 5.68. The lowest BCUT2D eigenvalue weighted by atomic mass is 10.0. The van der Waals surface area contributed by atoms with Gasteiger partial charge in [-0.3, -0.25) is 4.90 Å². The van der Waals surface area contributed by atoms with Crippen LogP contribution >= 0.6 is 11.6 Å². The van der Waals surface area contributed by atoms with Crippen LogP contribution in [0.4, 0.5) is 6.01 Å². The van der Waals surface area contributed by atoms with Gasteiger partial charge in [-0.15, -0.1) is 0 Å². The van der Waals surface area contributed by atoms with Crippen molar-refractivity contribution < 1.29 is 18.6 Å². The van der Waals surface area contributed by atoms with Crippen molar-refractivity contribution in [2.45, 2.75) is 39.3 Å². The van der Waals surface area contributed by atoms with Crippen LogP contribution in [0, 0.1) is 0 Å². The molecule has 1 aliphatic rings. The van der Waals surface area contributed by atoms with Gasteiger partial charge in [0.15, 0.2) is 0 Å². The predicted molar refractivity (Wildman–Crippen MR) is 130 cm³/mol. The van der Waals surface area contributed by atoms with Gasteiger partial charge in [0.25, 0.3) is 6.01 Å². The van der Waals surface area contributed by atoms with E-state index in [0.29, 0.717) is 52.7 Å². The van der Waals surface area contributed by atoms with Crippen LogP contribution in [0.5, 0.6) is 11.5 Å². The maximum atomic E-state index is 6.75. The highest BCUT2D eigenvalue weighted by atomic mass is 35.5. The molecule has 1 fully saturated rings. The highest BCUT2D eigenvalue weighted by Gasteiger charge is 2.30. The average Bonchev–Trinajstić information content (AvgIpc) is 3.23. The fraction of sp³-hybridized carbons (Fsp3) is 0.500. The highest BCUT2D eigenvalue weighted by molar-refractivity contribution is 6.36. The minimum absolute atomic E-state index is 0.0144. The van der Waals surface area contributed by atoms with Crippen molar-refractivity contribution >= 4 is 28.5 Å². The minimum Gasteiger partial charge on any atom is -0.496 e. The number of oxazole rings is 1. The molecule has 0 bridgehead atoms. The molecule has 3 aromatic rings. The van der Waals surface area contributed by atoms with E-state index in [-0.39, 0.29) is 11.6 Å². The second-order valence-electron chi connectivity index (χ2n) is 9.02. The number of pyridine rings is 1. The molecule has 178 valence electrons. The zero-order valence-corrected chi connectivity index (χ0v) is 20.5. The molecule has 0 amide bonds. The molecule has 0 radical (unpaired) electrons. The SMILES string of the molecule is COc1cc(-c2coc(NC(C)C)n2)nc2c(Cl)c(OCCN3CCOCC3(C)C)ccc12. The molecule has 8 nitrogen and oxygen atoms in total. The van der Waals surface area contributed by atoms with Crippen LogP contribution in [0.25, 0.3) is 22.3 Å². The second kappa shape index (κ2) is 9.75. The maximum absolute atomic E-state index is 6.75. The first kappa shape index (κ1) is 23.6. The summed E-state index contributed by atoms with van der Waals surface area (Å²) in [6.07, 6.45) is 1.57. The van der Waals surface area contributed by atoms with Crippen LogP contribution in [0.1, 0.15) is 27.7 Å². The van der Waals surface area contributed by atoms with Crippen LogP contribution in [0.3, 0.4) is 0 Å². The molecule has 0 unspecified atom stereocenters. The van der Waals surface area contributed by atoms with E-state index in [1.807, 2.05) is 32.0 Å². The van der Waals surface area contributed by atoms with E-state index in [1.165, 1.54) is 0 Å². The van der Waals surface area contributed by atoms with Crippen molar-refractivity contribution in [3.8, 4) is 22.9 Å². The van der Waals surface area contributed by atoms with Gasteiger partial charge in [-0.25, -0.2) is 4.98 Å². The Hall–Kier alpha value is -2.55. The van der Waals surface area contributed by atoms with Crippen molar-refractivity contribution in [3.05, 3.63) is 29.5 Å². The third kappa shape index (κ3) is 5.18. The second-order valence-corrected chi connectivity index (χ2v) is 9.40. The zero-order chi connectivity index (χ0) is 23.6. The first-order valence-electron chi connectivity index (χ1n) is 11.1. The maximum Gasteiger partial charge on any atom is 0.295 e. The largest absolute Gasteiger partial charge is 0.496 e. The van der Waals surface area contributed by atoms with Crippen molar-refractivity contribution in [1.29, 1.82) is 0 Å². The van der Waals surface area contributed by atoms with Crippen LogP contribution in [0.2, 0.25) is 5.02 Å². The van der Waals surface area contributed by atoms with E-state index in [4.69, 9.17) is 35.2 Å². The lowest BCUT2D eigenvalue weighted by Crippen LogP contribution is -2.54. The zero-order valence-electron chi connectivity index (χ0n) is 19.8. The number of aromatic nitrogens is 2. The monoisotopic (exact) mass is 474 g/mol. The standard InChI is InChI=1S/C24H31ClN4O4/c1-15(2)26-23-28-18(13-33-23)17-12-20(30-5)16-6-7-19(21(25)22(16)27-17)32-11-9-29-8-10-31-14-24(29,3)4/h6-7,12-13,15H,8-11,14H2,1-5H3,(H,26,28). The lowest BCUT2D eigenvalue weighted by Gasteiger charge is -2.41. The number of morpholine rings is 1. The van der Waals surface area contributed by atoms with Crippen molar-refractivity contribution in [3.63, 3.8) is 0 Å². The van der Waals surface area contributed by atoms with E-state index >= 15 is 0 Å². The summed E-state index contributed by atoms with van der Waals surface area (Å²) in [5, 5.41) is 4.39. The number of ether oxygens (including phenoxy) is 3. The first-order chi connectivity index (χ1) is 15.8. The molecular formula is C24H31ClN4O4. The highest BCUT2D eigenvalue weighted by Crippen LogP contribution is 2.38. The molecular weight excluding hydrogens is 444 g/mol. The molecule has 9 heteroatoms. The normalized spacial score (nSPS) is 16.3. The van der Waals surface area contributed by atoms with Crippen LogP contribution < -0.4 is 14.8 Å². The van der Waals surface area contributed by atoms with Gasteiger partial charge in [-0.1, -0.05) is 11.6 Å². The summed E-state index contributed by atoms with van der Waals surface area (Å²) in [6.45, 7) is 12.0. The van der Waals surface area contributed by atoms with Gasteiger partial charge in [0.05, 0.1) is 31.5 Å². The number of nitrogens with one attached hydrogen (secondary N) is 1. The molecule has 3 heterocycles. The summed E-state index contributed by atoms with van der Waals surface area (Å²) in [5.74, 6) is 1.24. The molecule has 0 aliphatic carbocycles. The Bertz CT molecular complexity index is 1120. The van der Waals surface area contributed by atoms with Crippen LogP contribution in [-0.4, -0.2) is 66.5 Å². The number of methoxy groups -OCH3 is 1. The summed E-state index contributed by atoms with van der Waals surface area (Å²) >= 11 is 6.75. The topological polar surface area (TPSA) is 81.9 Å². The summed E-state index contributed by atoms with van der Waals surface area (Å²) in [4.78, 5) is 11.6. The molecule has 1 aromatic carbocycles. The number of fused-ring (bicyclic) bond motifs is 1. The van der Waals surface area contributed by atoms with E-state index in [2.05, 4.69) is 29.0 Å². The van der Waals surface area contributed by atoms with Crippen molar-refractivity contribution in [2.24, 2.45) is 0 Å². The van der Waals surface area contributed by atoms with E-state index in [0.717, 1.165) is 25.1 Å². The lowest BCUT2D eigenvalue weighted by molar-refractivity contribution is -0.0547. The van der Waals surface area contributed by atoms with Gasteiger partial charge < -0.3 is 23.9 Å². The smallest absolute Gasteiger partial charge is 0.295 e. The number of rotatable bonds is 8. The fourth-order valence-electron chi connectivity index (χ4n) is 3.90. The molecule has 0 atom stereocenters. The van der Waals surface area contributed by atoms with Gasteiger partial charge in [0.2, 0.25) is 0 Å². The molecule has 1 aliphatic heterocycles. The summed E-state index contributed by atoms with van der Waals surface area (Å²) in [5.41, 5.74) is 1.78. The Kier molecular flexibility index (Phi) is 6.97. The Morgan fingerprint density at radius 1 is 1.21 bits per heavy atom. The van der Waals surface area contributed by atoms with E-state index < -0.39 is 0 Å². The number of nitrogens with zero attached hydrogens (tertiary/aromatic N) is 3. The first-order valence-corrected chi connectivity index (χ1v) is 11.5. The molecule has 4 rings (SSSR count). The van der Waals surface area contributed by atoms with Gasteiger partial charge >= 0.3 is 0 Å².